The van der Waals surface area contributed by atoms with E-state index in [0.717, 1.165) is 29.5 Å². The number of carbonyl (C=O) groups is 2. The van der Waals surface area contributed by atoms with Gasteiger partial charge in [0.05, 0.1) is 6.61 Å². The van der Waals surface area contributed by atoms with Gasteiger partial charge in [-0.2, -0.15) is 13.2 Å². The van der Waals surface area contributed by atoms with Crippen LogP contribution in [0.25, 0.3) is 10.8 Å². The van der Waals surface area contributed by atoms with E-state index >= 15 is 0 Å². The standard InChI is InChI=1S/C25H30F3N3O3/c26-25(27,28)24(33)29-21-9-13-31(17-21)23(32)20-6-5-19-16-22(8-7-18(19)15-20)34-14-4-12-30-10-2-1-3-11-30/h5-8,15-16,21H,1-4,9-14,17H2,(H,29,33). The highest BCUT2D eigenvalue weighted by Gasteiger charge is 2.41. The van der Waals surface area contributed by atoms with Crippen LogP contribution < -0.4 is 10.1 Å². The summed E-state index contributed by atoms with van der Waals surface area (Å²) < 4.78 is 43.3. The molecule has 1 unspecified atom stereocenters. The van der Waals surface area contributed by atoms with Crippen molar-refractivity contribution < 1.29 is 27.5 Å². The van der Waals surface area contributed by atoms with Crippen molar-refractivity contribution in [2.75, 3.05) is 39.3 Å². The van der Waals surface area contributed by atoms with Crippen molar-refractivity contribution in [3.63, 3.8) is 0 Å². The van der Waals surface area contributed by atoms with E-state index in [1.54, 1.807) is 12.1 Å². The van der Waals surface area contributed by atoms with E-state index < -0.39 is 18.1 Å². The molecule has 2 fully saturated rings. The third-order valence-electron chi connectivity index (χ3n) is 6.46. The molecule has 2 aromatic carbocycles. The van der Waals surface area contributed by atoms with Gasteiger partial charge in [-0.3, -0.25) is 9.59 Å². The molecule has 2 heterocycles. The minimum Gasteiger partial charge on any atom is -0.494 e. The van der Waals surface area contributed by atoms with E-state index in [9.17, 15) is 22.8 Å². The largest absolute Gasteiger partial charge is 0.494 e. The number of hydrogen-bond donors (Lipinski definition) is 1. The number of alkyl halides is 3. The monoisotopic (exact) mass is 477 g/mol. The predicted molar refractivity (Wildman–Crippen MR) is 123 cm³/mol. The van der Waals surface area contributed by atoms with Crippen molar-refractivity contribution in [2.45, 2.75) is 44.3 Å². The van der Waals surface area contributed by atoms with Crippen molar-refractivity contribution >= 4 is 22.6 Å². The molecule has 1 N–H and O–H groups in total. The van der Waals surface area contributed by atoms with E-state index in [-0.39, 0.29) is 12.5 Å². The highest BCUT2D eigenvalue weighted by molar-refractivity contribution is 5.99. The minimum absolute atomic E-state index is 0.0584. The molecular formula is C25H30F3N3O3. The van der Waals surface area contributed by atoms with Gasteiger partial charge in [0.25, 0.3) is 5.91 Å². The fraction of sp³-hybridized carbons (Fsp3) is 0.520. The molecule has 2 saturated heterocycles. The maximum atomic E-state index is 12.9. The number of ether oxygens (including phenoxy) is 1. The molecule has 184 valence electrons. The molecule has 34 heavy (non-hydrogen) atoms. The Morgan fingerprint density at radius 2 is 1.74 bits per heavy atom. The van der Waals surface area contributed by atoms with E-state index in [2.05, 4.69) is 4.90 Å². The van der Waals surface area contributed by atoms with Gasteiger partial charge in [-0.1, -0.05) is 18.6 Å². The first-order valence-corrected chi connectivity index (χ1v) is 11.9. The number of fused-ring (bicyclic) bond motifs is 1. The van der Waals surface area contributed by atoms with Crippen LogP contribution in [0.15, 0.2) is 36.4 Å². The molecule has 0 aromatic heterocycles. The van der Waals surface area contributed by atoms with Gasteiger partial charge < -0.3 is 19.9 Å². The minimum atomic E-state index is -4.92. The summed E-state index contributed by atoms with van der Waals surface area (Å²) in [5.41, 5.74) is 0.463. The molecule has 0 bridgehead atoms. The third-order valence-corrected chi connectivity index (χ3v) is 6.46. The summed E-state index contributed by atoms with van der Waals surface area (Å²) >= 11 is 0. The van der Waals surface area contributed by atoms with Crippen molar-refractivity contribution in [3.8, 4) is 5.75 Å². The van der Waals surface area contributed by atoms with Crippen LogP contribution in [0, 0.1) is 0 Å². The van der Waals surface area contributed by atoms with Gasteiger partial charge in [0.2, 0.25) is 0 Å². The summed E-state index contributed by atoms with van der Waals surface area (Å²) in [5.74, 6) is -1.45. The number of nitrogens with zero attached hydrogens (tertiary/aromatic N) is 2. The quantitative estimate of drug-likeness (QED) is 0.613. The molecule has 2 aliphatic heterocycles. The van der Waals surface area contributed by atoms with Crippen LogP contribution in [0.4, 0.5) is 13.2 Å². The van der Waals surface area contributed by atoms with Crippen molar-refractivity contribution in [3.05, 3.63) is 42.0 Å². The number of hydrogen-bond acceptors (Lipinski definition) is 4. The fourth-order valence-electron chi connectivity index (χ4n) is 4.62. The van der Waals surface area contributed by atoms with E-state index in [1.807, 2.05) is 29.6 Å². The lowest BCUT2D eigenvalue weighted by Crippen LogP contribution is -2.44. The van der Waals surface area contributed by atoms with E-state index in [0.29, 0.717) is 25.1 Å². The topological polar surface area (TPSA) is 61.9 Å². The summed E-state index contributed by atoms with van der Waals surface area (Å²) in [7, 11) is 0. The second-order valence-electron chi connectivity index (χ2n) is 9.04. The van der Waals surface area contributed by atoms with Crippen LogP contribution in [0.1, 0.15) is 42.5 Å². The normalized spacial score (nSPS) is 19.4. The van der Waals surface area contributed by atoms with Crippen LogP contribution in [-0.2, 0) is 4.79 Å². The van der Waals surface area contributed by atoms with Gasteiger partial charge in [0, 0.05) is 31.2 Å². The summed E-state index contributed by atoms with van der Waals surface area (Å²) in [6.45, 7) is 4.41. The number of rotatable bonds is 7. The lowest BCUT2D eigenvalue weighted by atomic mass is 10.1. The van der Waals surface area contributed by atoms with Crippen molar-refractivity contribution in [1.29, 1.82) is 0 Å². The van der Waals surface area contributed by atoms with Gasteiger partial charge in [-0.05, 0) is 73.8 Å². The highest BCUT2D eigenvalue weighted by Crippen LogP contribution is 2.24. The Hall–Kier alpha value is -2.81. The highest BCUT2D eigenvalue weighted by atomic mass is 19.4. The summed E-state index contributed by atoms with van der Waals surface area (Å²) in [4.78, 5) is 28.0. The van der Waals surface area contributed by atoms with Crippen molar-refractivity contribution in [2.24, 2.45) is 0 Å². The molecular weight excluding hydrogens is 447 g/mol. The fourth-order valence-corrected chi connectivity index (χ4v) is 4.62. The summed E-state index contributed by atoms with van der Waals surface area (Å²) in [5, 5.41) is 3.78. The number of benzene rings is 2. The molecule has 9 heteroatoms. The van der Waals surface area contributed by atoms with Gasteiger partial charge in [-0.25, -0.2) is 0 Å². The first-order valence-electron chi connectivity index (χ1n) is 11.9. The molecule has 0 spiro atoms. The Kier molecular flexibility index (Phi) is 7.60. The second kappa shape index (κ2) is 10.6. The Balaban J connectivity index is 1.30. The van der Waals surface area contributed by atoms with Crippen molar-refractivity contribution in [1.82, 2.24) is 15.1 Å². The summed E-state index contributed by atoms with van der Waals surface area (Å²) in [6.07, 6.45) is 0.235. The zero-order valence-electron chi connectivity index (χ0n) is 19.1. The van der Waals surface area contributed by atoms with E-state index in [4.69, 9.17) is 4.74 Å². The van der Waals surface area contributed by atoms with Crippen LogP contribution in [0.5, 0.6) is 5.75 Å². The maximum absolute atomic E-state index is 12.9. The first kappa shape index (κ1) is 24.3. The van der Waals surface area contributed by atoms with Crippen LogP contribution in [0.3, 0.4) is 0 Å². The average molecular weight is 478 g/mol. The third kappa shape index (κ3) is 6.20. The first-order chi connectivity index (χ1) is 16.3. The molecule has 0 saturated carbocycles. The lowest BCUT2D eigenvalue weighted by Gasteiger charge is -2.26. The molecule has 4 rings (SSSR count). The summed E-state index contributed by atoms with van der Waals surface area (Å²) in [6, 6.07) is 10.4. The SMILES string of the molecule is O=C(c1ccc2cc(OCCCN3CCCCC3)ccc2c1)N1CCC(NC(=O)C(F)(F)F)C1. The molecule has 0 radical (unpaired) electrons. The zero-order valence-corrected chi connectivity index (χ0v) is 19.1. The van der Waals surface area contributed by atoms with Crippen LogP contribution >= 0.6 is 0 Å². The van der Waals surface area contributed by atoms with Gasteiger partial charge in [0.15, 0.2) is 0 Å². The molecule has 0 aliphatic carbocycles. The number of amides is 2. The second-order valence-corrected chi connectivity index (χ2v) is 9.04. The van der Waals surface area contributed by atoms with Gasteiger partial charge in [-0.15, -0.1) is 0 Å². The number of likely N-dealkylation sites (tertiary alicyclic amines) is 2. The van der Waals surface area contributed by atoms with Crippen LogP contribution in [-0.4, -0.2) is 73.2 Å². The van der Waals surface area contributed by atoms with Crippen LogP contribution in [0.2, 0.25) is 0 Å². The maximum Gasteiger partial charge on any atom is 0.471 e. The molecule has 1 atom stereocenters. The Morgan fingerprint density at radius 1 is 1.00 bits per heavy atom. The Morgan fingerprint density at radius 3 is 2.50 bits per heavy atom. The zero-order chi connectivity index (χ0) is 24.1. The Bertz CT molecular complexity index is 1020. The van der Waals surface area contributed by atoms with Gasteiger partial charge in [0.1, 0.15) is 5.75 Å². The average Bonchev–Trinajstić information content (AvgIpc) is 3.29. The number of piperidine rings is 1. The van der Waals surface area contributed by atoms with Gasteiger partial charge >= 0.3 is 12.1 Å². The predicted octanol–water partition coefficient (Wildman–Crippen LogP) is 3.99. The molecule has 6 nitrogen and oxygen atoms in total. The molecule has 2 aromatic rings. The lowest BCUT2D eigenvalue weighted by molar-refractivity contribution is -0.174. The number of carbonyl (C=O) groups excluding carboxylic acids is 2. The molecule has 2 aliphatic rings. The smallest absolute Gasteiger partial charge is 0.471 e. The molecule has 2 amide bonds. The number of halogens is 3. The van der Waals surface area contributed by atoms with E-state index in [1.165, 1.54) is 37.3 Å². The Labute approximate surface area is 197 Å². The number of nitrogens with one attached hydrogen (secondary N) is 1.